The quantitative estimate of drug-likeness (QED) is 0.915. The van der Waals surface area contributed by atoms with Gasteiger partial charge in [0, 0.05) is 25.0 Å². The Morgan fingerprint density at radius 3 is 2.72 bits per heavy atom. The van der Waals surface area contributed by atoms with Crippen LogP contribution < -0.4 is 16.2 Å². The van der Waals surface area contributed by atoms with Gasteiger partial charge in [-0.3, -0.25) is 9.59 Å². The number of pyridine rings is 1. The number of nitrogens with two attached hydrogens (primary N) is 1. The molecule has 2 N–H and O–H groups in total. The van der Waals surface area contributed by atoms with Gasteiger partial charge in [-0.15, -0.1) is 0 Å². The zero-order valence-corrected chi connectivity index (χ0v) is 14.0. The Morgan fingerprint density at radius 1 is 1.16 bits per heavy atom. The van der Waals surface area contributed by atoms with E-state index < -0.39 is 5.91 Å². The SMILES string of the molecule is NC(=O)c1cccn(C2CCc3c2cccc3N2CCOCC2)c1=O. The minimum atomic E-state index is -0.681. The van der Waals surface area contributed by atoms with E-state index in [2.05, 4.69) is 17.0 Å². The maximum Gasteiger partial charge on any atom is 0.263 e. The van der Waals surface area contributed by atoms with Gasteiger partial charge in [0.1, 0.15) is 5.56 Å². The number of morpholine rings is 1. The van der Waals surface area contributed by atoms with Crippen molar-refractivity contribution in [3.8, 4) is 0 Å². The van der Waals surface area contributed by atoms with E-state index in [-0.39, 0.29) is 17.2 Å². The van der Waals surface area contributed by atoms with Crippen LogP contribution in [0.5, 0.6) is 0 Å². The second-order valence-electron chi connectivity index (χ2n) is 6.50. The Morgan fingerprint density at radius 2 is 1.96 bits per heavy atom. The molecule has 1 fully saturated rings. The number of aromatic nitrogens is 1. The molecule has 4 rings (SSSR count). The number of hydrogen-bond donors (Lipinski definition) is 1. The van der Waals surface area contributed by atoms with Crippen molar-refractivity contribution < 1.29 is 9.53 Å². The van der Waals surface area contributed by atoms with Crippen LogP contribution >= 0.6 is 0 Å². The Kier molecular flexibility index (Phi) is 4.05. The molecule has 130 valence electrons. The van der Waals surface area contributed by atoms with E-state index in [4.69, 9.17) is 10.5 Å². The predicted octanol–water partition coefficient (Wildman–Crippen LogP) is 1.32. The molecule has 0 spiro atoms. The number of nitrogens with zero attached hydrogens (tertiary/aromatic N) is 2. The average Bonchev–Trinajstić information content (AvgIpc) is 3.06. The van der Waals surface area contributed by atoms with Crippen LogP contribution in [0.2, 0.25) is 0 Å². The highest BCUT2D eigenvalue weighted by atomic mass is 16.5. The zero-order valence-electron chi connectivity index (χ0n) is 14.0. The highest BCUT2D eigenvalue weighted by molar-refractivity contribution is 5.92. The van der Waals surface area contributed by atoms with Crippen LogP contribution in [0.25, 0.3) is 0 Å². The first-order valence-corrected chi connectivity index (χ1v) is 8.62. The molecule has 1 aromatic carbocycles. The van der Waals surface area contributed by atoms with Crippen LogP contribution in [0, 0.1) is 0 Å². The molecule has 0 saturated carbocycles. The number of carbonyl (C=O) groups excluding carboxylic acids is 1. The summed E-state index contributed by atoms with van der Waals surface area (Å²) in [4.78, 5) is 26.5. The molecule has 2 aromatic rings. The first kappa shape index (κ1) is 15.9. The van der Waals surface area contributed by atoms with Crippen LogP contribution in [0.3, 0.4) is 0 Å². The number of primary amides is 1. The fraction of sp³-hybridized carbons (Fsp3) is 0.368. The van der Waals surface area contributed by atoms with Crippen molar-refractivity contribution in [2.24, 2.45) is 5.73 Å². The van der Waals surface area contributed by atoms with E-state index in [1.165, 1.54) is 17.3 Å². The first-order chi connectivity index (χ1) is 12.2. The second kappa shape index (κ2) is 6.37. The van der Waals surface area contributed by atoms with Crippen molar-refractivity contribution in [2.45, 2.75) is 18.9 Å². The van der Waals surface area contributed by atoms with E-state index in [0.717, 1.165) is 44.7 Å². The second-order valence-corrected chi connectivity index (χ2v) is 6.50. The molecule has 1 atom stereocenters. The smallest absolute Gasteiger partial charge is 0.263 e. The number of ether oxygens (including phenoxy) is 1. The molecule has 6 nitrogen and oxygen atoms in total. The van der Waals surface area contributed by atoms with Crippen molar-refractivity contribution >= 4 is 11.6 Å². The lowest BCUT2D eigenvalue weighted by Crippen LogP contribution is -2.36. The van der Waals surface area contributed by atoms with Crippen molar-refractivity contribution in [3.05, 3.63) is 63.6 Å². The summed E-state index contributed by atoms with van der Waals surface area (Å²) in [6, 6.07) is 9.43. The van der Waals surface area contributed by atoms with E-state index in [0.29, 0.717) is 0 Å². The van der Waals surface area contributed by atoms with Crippen LogP contribution in [-0.2, 0) is 11.2 Å². The standard InChI is InChI=1S/C19H21N3O3/c20-18(23)15-4-2-8-22(19(15)24)17-7-6-14-13(17)3-1-5-16(14)21-9-11-25-12-10-21/h1-5,8,17H,6-7,9-12H2,(H2,20,23). The zero-order chi connectivity index (χ0) is 17.4. The van der Waals surface area contributed by atoms with E-state index in [1.54, 1.807) is 16.8 Å². The largest absolute Gasteiger partial charge is 0.378 e. The number of carbonyl (C=O) groups is 1. The van der Waals surface area contributed by atoms with Gasteiger partial charge in [-0.2, -0.15) is 0 Å². The summed E-state index contributed by atoms with van der Waals surface area (Å²) >= 11 is 0. The Labute approximate surface area is 145 Å². The van der Waals surface area contributed by atoms with Gasteiger partial charge in [0.25, 0.3) is 11.5 Å². The molecule has 0 bridgehead atoms. The molecule has 1 amide bonds. The number of rotatable bonds is 3. The van der Waals surface area contributed by atoms with E-state index >= 15 is 0 Å². The Bertz CT molecular complexity index is 868. The van der Waals surface area contributed by atoms with Crippen molar-refractivity contribution in [1.29, 1.82) is 0 Å². The van der Waals surface area contributed by atoms with Crippen LogP contribution in [0.15, 0.2) is 41.3 Å². The fourth-order valence-corrected chi connectivity index (χ4v) is 3.95. The van der Waals surface area contributed by atoms with Crippen LogP contribution in [0.1, 0.15) is 33.9 Å². The Hall–Kier alpha value is -2.60. The summed E-state index contributed by atoms with van der Waals surface area (Å²) in [5, 5.41) is 0. The van der Waals surface area contributed by atoms with Crippen molar-refractivity contribution in [3.63, 3.8) is 0 Å². The summed E-state index contributed by atoms with van der Waals surface area (Å²) in [6.45, 7) is 3.26. The highest BCUT2D eigenvalue weighted by Gasteiger charge is 2.29. The maximum absolute atomic E-state index is 12.6. The van der Waals surface area contributed by atoms with Gasteiger partial charge in [0.2, 0.25) is 0 Å². The molecule has 0 radical (unpaired) electrons. The van der Waals surface area contributed by atoms with E-state index in [1.807, 2.05) is 6.07 Å². The van der Waals surface area contributed by atoms with E-state index in [9.17, 15) is 9.59 Å². The third-order valence-corrected chi connectivity index (χ3v) is 5.14. The number of amides is 1. The van der Waals surface area contributed by atoms with Gasteiger partial charge in [-0.1, -0.05) is 12.1 Å². The van der Waals surface area contributed by atoms with Crippen molar-refractivity contribution in [2.75, 3.05) is 31.2 Å². The monoisotopic (exact) mass is 339 g/mol. The molecule has 1 aromatic heterocycles. The maximum atomic E-state index is 12.6. The van der Waals surface area contributed by atoms with Gasteiger partial charge in [0.05, 0.1) is 19.3 Å². The molecule has 1 aliphatic carbocycles. The van der Waals surface area contributed by atoms with Crippen LogP contribution in [0.4, 0.5) is 5.69 Å². The molecular weight excluding hydrogens is 318 g/mol. The fourth-order valence-electron chi connectivity index (χ4n) is 3.95. The summed E-state index contributed by atoms with van der Waals surface area (Å²) in [6.07, 6.45) is 3.51. The van der Waals surface area contributed by atoms with Gasteiger partial charge in [0.15, 0.2) is 0 Å². The van der Waals surface area contributed by atoms with Crippen molar-refractivity contribution in [1.82, 2.24) is 4.57 Å². The number of benzene rings is 1. The summed E-state index contributed by atoms with van der Waals surface area (Å²) in [7, 11) is 0. The lowest BCUT2D eigenvalue weighted by molar-refractivity contribution is 0.0998. The minimum absolute atomic E-state index is 0.0419. The predicted molar refractivity (Wildman–Crippen MR) is 95.2 cm³/mol. The van der Waals surface area contributed by atoms with Gasteiger partial charge >= 0.3 is 0 Å². The van der Waals surface area contributed by atoms with Crippen LogP contribution in [-0.4, -0.2) is 36.8 Å². The van der Waals surface area contributed by atoms with Gasteiger partial charge in [-0.05, 0) is 42.2 Å². The molecule has 2 heterocycles. The summed E-state index contributed by atoms with van der Waals surface area (Å²) < 4.78 is 7.10. The third kappa shape index (κ3) is 2.72. The normalized spacial score (nSPS) is 19.7. The number of fused-ring (bicyclic) bond motifs is 1. The molecule has 1 aliphatic heterocycles. The Balaban J connectivity index is 1.75. The molecule has 1 saturated heterocycles. The first-order valence-electron chi connectivity index (χ1n) is 8.62. The number of anilines is 1. The van der Waals surface area contributed by atoms with Gasteiger partial charge in [-0.25, -0.2) is 0 Å². The minimum Gasteiger partial charge on any atom is -0.378 e. The molecule has 6 heteroatoms. The summed E-state index contributed by atoms with van der Waals surface area (Å²) in [5.41, 5.74) is 8.75. The number of hydrogen-bond acceptors (Lipinski definition) is 4. The molecule has 2 aliphatic rings. The topological polar surface area (TPSA) is 77.6 Å². The lowest BCUT2D eigenvalue weighted by atomic mass is 10.0. The van der Waals surface area contributed by atoms with Gasteiger partial charge < -0.3 is 19.9 Å². The highest BCUT2D eigenvalue weighted by Crippen LogP contribution is 2.39. The molecular formula is C19H21N3O3. The third-order valence-electron chi connectivity index (χ3n) is 5.14. The molecule has 1 unspecified atom stereocenters. The average molecular weight is 339 g/mol. The summed E-state index contributed by atoms with van der Waals surface area (Å²) in [5.74, 6) is -0.681. The lowest BCUT2D eigenvalue weighted by Gasteiger charge is -2.30. The molecule has 25 heavy (non-hydrogen) atoms.